The van der Waals surface area contributed by atoms with E-state index in [4.69, 9.17) is 34.8 Å². The summed E-state index contributed by atoms with van der Waals surface area (Å²) in [6.45, 7) is 0.601. The first-order valence-corrected chi connectivity index (χ1v) is 8.53. The van der Waals surface area contributed by atoms with Crippen LogP contribution in [0.15, 0.2) is 41.2 Å². The first kappa shape index (κ1) is 15.7. The molecule has 0 fully saturated rings. The van der Waals surface area contributed by atoms with Crippen LogP contribution in [-0.2, 0) is 6.54 Å². The molecule has 1 aliphatic heterocycles. The lowest BCUT2D eigenvalue weighted by Gasteiger charge is -2.06. The molecule has 1 aliphatic rings. The van der Waals surface area contributed by atoms with Gasteiger partial charge in [0.15, 0.2) is 0 Å². The zero-order chi connectivity index (χ0) is 16.8. The van der Waals surface area contributed by atoms with Crippen molar-refractivity contribution in [1.29, 1.82) is 0 Å². The van der Waals surface area contributed by atoms with Crippen molar-refractivity contribution in [3.05, 3.63) is 73.2 Å². The standard InChI is InChI=1S/C18H11Cl3N2O/c19-12-4-5-13-15(9-12)22-17-11(6-7-23(17)18(13)24)8-10-2-1-3-14(20)16(10)21/h1-5,8-9H,6-7H2. The normalized spacial score (nSPS) is 15.2. The van der Waals surface area contributed by atoms with Crippen LogP contribution in [0.25, 0.3) is 22.6 Å². The molecule has 0 spiro atoms. The minimum atomic E-state index is -0.0488. The van der Waals surface area contributed by atoms with Crippen LogP contribution in [0.1, 0.15) is 17.8 Å². The second kappa shape index (κ2) is 5.92. The molecule has 0 atom stereocenters. The lowest BCUT2D eigenvalue weighted by molar-refractivity contribution is 0.725. The second-order valence-electron chi connectivity index (χ2n) is 5.62. The van der Waals surface area contributed by atoms with Gasteiger partial charge in [-0.3, -0.25) is 9.36 Å². The fourth-order valence-electron chi connectivity index (χ4n) is 2.95. The molecule has 0 N–H and O–H groups in total. The molecule has 0 amide bonds. The third kappa shape index (κ3) is 2.53. The molecular weight excluding hydrogens is 367 g/mol. The maximum absolute atomic E-state index is 12.7. The number of aromatic nitrogens is 2. The zero-order valence-electron chi connectivity index (χ0n) is 12.4. The number of hydrogen-bond donors (Lipinski definition) is 0. The number of hydrogen-bond acceptors (Lipinski definition) is 2. The van der Waals surface area contributed by atoms with E-state index in [1.54, 1.807) is 28.8 Å². The molecule has 0 aliphatic carbocycles. The third-order valence-corrected chi connectivity index (χ3v) is 5.19. The quantitative estimate of drug-likeness (QED) is 0.576. The van der Waals surface area contributed by atoms with E-state index in [1.165, 1.54) is 0 Å². The molecule has 1 aromatic heterocycles. The first-order chi connectivity index (χ1) is 11.5. The molecule has 4 rings (SSSR count). The molecular formula is C18H11Cl3N2O. The summed E-state index contributed by atoms with van der Waals surface area (Å²) < 4.78 is 1.69. The van der Waals surface area contributed by atoms with E-state index in [9.17, 15) is 4.79 Å². The predicted molar refractivity (Wildman–Crippen MR) is 100.0 cm³/mol. The average molecular weight is 378 g/mol. The number of rotatable bonds is 1. The number of allylic oxidation sites excluding steroid dienone is 1. The van der Waals surface area contributed by atoms with Crippen LogP contribution in [0.5, 0.6) is 0 Å². The Hall–Kier alpha value is -1.81. The fourth-order valence-corrected chi connectivity index (χ4v) is 3.48. The number of halogens is 3. The number of benzene rings is 2. The van der Waals surface area contributed by atoms with Gasteiger partial charge in [0.25, 0.3) is 5.56 Å². The van der Waals surface area contributed by atoms with Crippen LogP contribution < -0.4 is 5.56 Å². The molecule has 24 heavy (non-hydrogen) atoms. The summed E-state index contributed by atoms with van der Waals surface area (Å²) in [4.78, 5) is 17.3. The summed E-state index contributed by atoms with van der Waals surface area (Å²) in [7, 11) is 0. The Bertz CT molecular complexity index is 1070. The summed E-state index contributed by atoms with van der Waals surface area (Å²) in [6, 6.07) is 10.6. The average Bonchev–Trinajstić information content (AvgIpc) is 2.95. The molecule has 0 saturated carbocycles. The van der Waals surface area contributed by atoms with Gasteiger partial charge < -0.3 is 0 Å². The fraction of sp³-hybridized carbons (Fsp3) is 0.111. The monoisotopic (exact) mass is 376 g/mol. The lowest BCUT2D eigenvalue weighted by Crippen LogP contribution is -2.20. The third-order valence-electron chi connectivity index (χ3n) is 4.12. The maximum Gasteiger partial charge on any atom is 0.261 e. The summed E-state index contributed by atoms with van der Waals surface area (Å²) in [5.74, 6) is 0.658. The van der Waals surface area contributed by atoms with Gasteiger partial charge in [-0.15, -0.1) is 0 Å². The van der Waals surface area contributed by atoms with E-state index >= 15 is 0 Å². The Kier molecular flexibility index (Phi) is 3.87. The molecule has 0 bridgehead atoms. The topological polar surface area (TPSA) is 34.9 Å². The molecule has 2 heterocycles. The summed E-state index contributed by atoms with van der Waals surface area (Å²) >= 11 is 18.4. The minimum Gasteiger partial charge on any atom is -0.292 e. The van der Waals surface area contributed by atoms with Crippen LogP contribution in [0, 0.1) is 0 Å². The van der Waals surface area contributed by atoms with Gasteiger partial charge in [-0.05, 0) is 47.9 Å². The van der Waals surface area contributed by atoms with Gasteiger partial charge in [0.2, 0.25) is 0 Å². The van der Waals surface area contributed by atoms with E-state index in [0.717, 1.165) is 17.6 Å². The maximum atomic E-state index is 12.7. The van der Waals surface area contributed by atoms with Gasteiger partial charge in [-0.2, -0.15) is 0 Å². The largest absolute Gasteiger partial charge is 0.292 e. The number of nitrogens with zero attached hydrogens (tertiary/aromatic N) is 2. The van der Waals surface area contributed by atoms with E-state index < -0.39 is 0 Å². The van der Waals surface area contributed by atoms with Crippen molar-refractivity contribution in [2.75, 3.05) is 0 Å². The molecule has 0 saturated heterocycles. The Morgan fingerprint density at radius 3 is 2.79 bits per heavy atom. The van der Waals surface area contributed by atoms with Crippen molar-refractivity contribution < 1.29 is 0 Å². The van der Waals surface area contributed by atoms with Gasteiger partial charge in [-0.1, -0.05) is 46.9 Å². The molecule has 0 radical (unpaired) electrons. The van der Waals surface area contributed by atoms with Crippen molar-refractivity contribution in [2.24, 2.45) is 0 Å². The van der Waals surface area contributed by atoms with E-state index in [-0.39, 0.29) is 5.56 Å². The highest BCUT2D eigenvalue weighted by Gasteiger charge is 2.21. The Labute approximate surface area is 153 Å². The number of fused-ring (bicyclic) bond motifs is 2. The van der Waals surface area contributed by atoms with Gasteiger partial charge >= 0.3 is 0 Å². The van der Waals surface area contributed by atoms with Gasteiger partial charge in [0.05, 0.1) is 20.9 Å². The Morgan fingerprint density at radius 2 is 1.96 bits per heavy atom. The SMILES string of the molecule is O=c1c2ccc(Cl)cc2nc2n1CCC2=Cc1cccc(Cl)c1Cl. The van der Waals surface area contributed by atoms with E-state index in [1.807, 2.05) is 18.2 Å². The van der Waals surface area contributed by atoms with Gasteiger partial charge in [0.1, 0.15) is 5.82 Å². The Balaban J connectivity index is 1.93. The molecule has 120 valence electrons. The lowest BCUT2D eigenvalue weighted by atomic mass is 10.1. The minimum absolute atomic E-state index is 0.0488. The highest BCUT2D eigenvalue weighted by molar-refractivity contribution is 6.43. The second-order valence-corrected chi connectivity index (χ2v) is 6.84. The van der Waals surface area contributed by atoms with Crippen molar-refractivity contribution in [3.63, 3.8) is 0 Å². The van der Waals surface area contributed by atoms with Gasteiger partial charge in [-0.25, -0.2) is 4.98 Å². The molecule has 3 nitrogen and oxygen atoms in total. The van der Waals surface area contributed by atoms with Gasteiger partial charge in [0, 0.05) is 11.6 Å². The molecule has 3 aromatic rings. The summed E-state index contributed by atoms with van der Waals surface area (Å²) in [5.41, 5.74) is 2.32. The van der Waals surface area contributed by atoms with Crippen molar-refractivity contribution in [3.8, 4) is 0 Å². The zero-order valence-corrected chi connectivity index (χ0v) is 14.7. The molecule has 6 heteroatoms. The van der Waals surface area contributed by atoms with Crippen molar-refractivity contribution >= 4 is 57.4 Å². The summed E-state index contributed by atoms with van der Waals surface area (Å²) in [5, 5.41) is 2.13. The molecule has 2 aromatic carbocycles. The Morgan fingerprint density at radius 1 is 1.12 bits per heavy atom. The first-order valence-electron chi connectivity index (χ1n) is 7.39. The van der Waals surface area contributed by atoms with Crippen LogP contribution >= 0.6 is 34.8 Å². The van der Waals surface area contributed by atoms with Crippen molar-refractivity contribution in [1.82, 2.24) is 9.55 Å². The van der Waals surface area contributed by atoms with Crippen LogP contribution in [0.3, 0.4) is 0 Å². The van der Waals surface area contributed by atoms with E-state index in [2.05, 4.69) is 4.98 Å². The summed E-state index contributed by atoms with van der Waals surface area (Å²) in [6.07, 6.45) is 2.66. The smallest absolute Gasteiger partial charge is 0.261 e. The van der Waals surface area contributed by atoms with Crippen LogP contribution in [0.2, 0.25) is 15.1 Å². The predicted octanol–water partition coefficient (Wildman–Crippen LogP) is 5.30. The van der Waals surface area contributed by atoms with E-state index in [0.29, 0.717) is 38.3 Å². The van der Waals surface area contributed by atoms with Crippen LogP contribution in [0.4, 0.5) is 0 Å². The highest BCUT2D eigenvalue weighted by Crippen LogP contribution is 2.32. The van der Waals surface area contributed by atoms with Crippen molar-refractivity contribution in [2.45, 2.75) is 13.0 Å². The highest BCUT2D eigenvalue weighted by atomic mass is 35.5. The van der Waals surface area contributed by atoms with Crippen LogP contribution in [-0.4, -0.2) is 9.55 Å². The molecule has 0 unspecified atom stereocenters.